The molecule has 0 spiro atoms. The highest BCUT2D eigenvalue weighted by Gasteiger charge is 2.17. The Morgan fingerprint density at radius 1 is 1.19 bits per heavy atom. The summed E-state index contributed by atoms with van der Waals surface area (Å²) in [5.41, 5.74) is 1.89. The number of anilines is 1. The number of benzene rings is 2. The van der Waals surface area contributed by atoms with Crippen molar-refractivity contribution in [1.29, 1.82) is 0 Å². The summed E-state index contributed by atoms with van der Waals surface area (Å²) in [6, 6.07) is 11.6. The summed E-state index contributed by atoms with van der Waals surface area (Å²) in [4.78, 5) is 0.125. The molecule has 6 heteroatoms. The van der Waals surface area contributed by atoms with Crippen molar-refractivity contribution in [3.8, 4) is 0 Å². The standard InChI is InChI=1S/C15H16BrNO3S/c1-10-14(16)7-4-8-15(10)17-21(19,20)13-6-3-5-12(9-13)11(2)18/h3-9,11,17-18H,1-2H3. The summed E-state index contributed by atoms with van der Waals surface area (Å²) >= 11 is 3.37. The summed E-state index contributed by atoms with van der Waals surface area (Å²) < 4.78 is 28.3. The molecule has 1 unspecified atom stereocenters. The van der Waals surface area contributed by atoms with E-state index < -0.39 is 16.1 Å². The largest absolute Gasteiger partial charge is 0.389 e. The molecule has 21 heavy (non-hydrogen) atoms. The van der Waals surface area contributed by atoms with Gasteiger partial charge in [-0.1, -0.05) is 34.1 Å². The highest BCUT2D eigenvalue weighted by Crippen LogP contribution is 2.26. The average Bonchev–Trinajstić information content (AvgIpc) is 2.44. The van der Waals surface area contributed by atoms with Crippen molar-refractivity contribution in [2.24, 2.45) is 0 Å². The SMILES string of the molecule is Cc1c(Br)cccc1NS(=O)(=O)c1cccc(C(C)O)c1. The molecule has 0 aliphatic rings. The molecule has 0 aliphatic heterocycles. The molecule has 0 amide bonds. The van der Waals surface area contributed by atoms with E-state index in [2.05, 4.69) is 20.7 Å². The van der Waals surface area contributed by atoms with Crippen LogP contribution in [0.2, 0.25) is 0 Å². The minimum Gasteiger partial charge on any atom is -0.389 e. The van der Waals surface area contributed by atoms with Crippen molar-refractivity contribution in [2.75, 3.05) is 4.72 Å². The normalized spacial score (nSPS) is 13.0. The predicted molar refractivity (Wildman–Crippen MR) is 86.8 cm³/mol. The molecule has 0 bridgehead atoms. The van der Waals surface area contributed by atoms with E-state index in [1.165, 1.54) is 12.1 Å². The van der Waals surface area contributed by atoms with Gasteiger partial charge in [0.15, 0.2) is 0 Å². The fraction of sp³-hybridized carbons (Fsp3) is 0.200. The fourth-order valence-corrected chi connectivity index (χ4v) is 3.41. The molecule has 1 atom stereocenters. The first-order chi connectivity index (χ1) is 9.81. The Balaban J connectivity index is 2.39. The van der Waals surface area contributed by atoms with E-state index in [0.29, 0.717) is 11.3 Å². The van der Waals surface area contributed by atoms with E-state index in [4.69, 9.17) is 0 Å². The van der Waals surface area contributed by atoms with Gasteiger partial charge in [0.25, 0.3) is 10.0 Å². The first kappa shape index (κ1) is 16.0. The number of aliphatic hydroxyl groups excluding tert-OH is 1. The second-order valence-electron chi connectivity index (χ2n) is 4.77. The Morgan fingerprint density at radius 2 is 1.86 bits per heavy atom. The van der Waals surface area contributed by atoms with Crippen LogP contribution in [0.4, 0.5) is 5.69 Å². The lowest BCUT2D eigenvalue weighted by molar-refractivity contribution is 0.199. The number of hydrogen-bond donors (Lipinski definition) is 2. The number of aliphatic hydroxyl groups is 1. The zero-order chi connectivity index (χ0) is 15.6. The smallest absolute Gasteiger partial charge is 0.261 e. The molecule has 2 aromatic carbocycles. The Morgan fingerprint density at radius 3 is 2.52 bits per heavy atom. The predicted octanol–water partition coefficient (Wildman–Crippen LogP) is 3.61. The van der Waals surface area contributed by atoms with Crippen LogP contribution in [-0.4, -0.2) is 13.5 Å². The zero-order valence-corrected chi connectivity index (χ0v) is 14.1. The van der Waals surface area contributed by atoms with Gasteiger partial charge in [-0.2, -0.15) is 0 Å². The number of sulfonamides is 1. The third kappa shape index (κ3) is 3.64. The van der Waals surface area contributed by atoms with Crippen LogP contribution in [0.3, 0.4) is 0 Å². The maximum absolute atomic E-state index is 12.4. The van der Waals surface area contributed by atoms with Gasteiger partial charge in [0, 0.05) is 4.47 Å². The van der Waals surface area contributed by atoms with E-state index in [1.54, 1.807) is 31.2 Å². The van der Waals surface area contributed by atoms with Crippen LogP contribution in [0.5, 0.6) is 0 Å². The molecule has 0 saturated carbocycles. The Bertz CT molecular complexity index is 757. The van der Waals surface area contributed by atoms with Gasteiger partial charge in [0.1, 0.15) is 0 Å². The molecule has 0 saturated heterocycles. The van der Waals surface area contributed by atoms with Crippen molar-refractivity contribution in [3.05, 3.63) is 58.1 Å². The molecule has 0 heterocycles. The van der Waals surface area contributed by atoms with E-state index in [9.17, 15) is 13.5 Å². The number of nitrogens with one attached hydrogen (secondary N) is 1. The van der Waals surface area contributed by atoms with Crippen molar-refractivity contribution >= 4 is 31.6 Å². The second kappa shape index (κ2) is 6.17. The maximum Gasteiger partial charge on any atom is 0.261 e. The van der Waals surface area contributed by atoms with Gasteiger partial charge in [-0.25, -0.2) is 8.42 Å². The topological polar surface area (TPSA) is 66.4 Å². The fourth-order valence-electron chi connectivity index (χ4n) is 1.86. The third-order valence-corrected chi connectivity index (χ3v) is 5.39. The summed E-state index contributed by atoms with van der Waals surface area (Å²) in [5, 5.41) is 9.56. The molecule has 2 N–H and O–H groups in total. The summed E-state index contributed by atoms with van der Waals surface area (Å²) in [7, 11) is -3.69. The highest BCUT2D eigenvalue weighted by molar-refractivity contribution is 9.10. The minimum absolute atomic E-state index is 0.125. The third-order valence-electron chi connectivity index (χ3n) is 3.16. The van der Waals surface area contributed by atoms with Gasteiger partial charge in [-0.3, -0.25) is 4.72 Å². The van der Waals surface area contributed by atoms with Crippen LogP contribution in [0.1, 0.15) is 24.2 Å². The average molecular weight is 370 g/mol. The van der Waals surface area contributed by atoms with Gasteiger partial charge < -0.3 is 5.11 Å². The van der Waals surface area contributed by atoms with Crippen LogP contribution in [0.25, 0.3) is 0 Å². The van der Waals surface area contributed by atoms with Gasteiger partial charge >= 0.3 is 0 Å². The van der Waals surface area contributed by atoms with Crippen LogP contribution in [0.15, 0.2) is 51.8 Å². The van der Waals surface area contributed by atoms with Crippen molar-refractivity contribution < 1.29 is 13.5 Å². The highest BCUT2D eigenvalue weighted by atomic mass is 79.9. The lowest BCUT2D eigenvalue weighted by Gasteiger charge is -2.13. The lowest BCUT2D eigenvalue weighted by Crippen LogP contribution is -2.14. The van der Waals surface area contributed by atoms with Crippen LogP contribution < -0.4 is 4.72 Å². The van der Waals surface area contributed by atoms with Gasteiger partial charge in [0.2, 0.25) is 0 Å². The molecular weight excluding hydrogens is 354 g/mol. The van der Waals surface area contributed by atoms with E-state index >= 15 is 0 Å². The van der Waals surface area contributed by atoms with Crippen LogP contribution >= 0.6 is 15.9 Å². The van der Waals surface area contributed by atoms with Crippen molar-refractivity contribution in [1.82, 2.24) is 0 Å². The summed E-state index contributed by atoms with van der Waals surface area (Å²) in [5.74, 6) is 0. The second-order valence-corrected chi connectivity index (χ2v) is 7.30. The molecular formula is C15H16BrNO3S. The van der Waals surface area contributed by atoms with Crippen molar-refractivity contribution in [3.63, 3.8) is 0 Å². The summed E-state index contributed by atoms with van der Waals surface area (Å²) in [6.45, 7) is 3.42. The first-order valence-electron chi connectivity index (χ1n) is 6.37. The Labute approximate surface area is 133 Å². The molecule has 2 rings (SSSR count). The monoisotopic (exact) mass is 369 g/mol. The zero-order valence-electron chi connectivity index (χ0n) is 11.7. The maximum atomic E-state index is 12.4. The van der Waals surface area contributed by atoms with Gasteiger partial charge in [-0.15, -0.1) is 0 Å². The van der Waals surface area contributed by atoms with Gasteiger partial charge in [-0.05, 0) is 49.2 Å². The quantitative estimate of drug-likeness (QED) is 0.864. The molecule has 0 aromatic heterocycles. The Hall–Kier alpha value is -1.37. The van der Waals surface area contributed by atoms with E-state index in [0.717, 1.165) is 10.0 Å². The summed E-state index contributed by atoms with van der Waals surface area (Å²) in [6.07, 6.45) is -0.715. The molecule has 2 aromatic rings. The van der Waals surface area contributed by atoms with Crippen molar-refractivity contribution in [2.45, 2.75) is 24.8 Å². The number of hydrogen-bond acceptors (Lipinski definition) is 3. The Kier molecular flexibility index (Phi) is 4.70. The molecule has 0 aliphatic carbocycles. The molecule has 112 valence electrons. The minimum atomic E-state index is -3.69. The molecule has 4 nitrogen and oxygen atoms in total. The number of rotatable bonds is 4. The van der Waals surface area contributed by atoms with Gasteiger partial charge in [0.05, 0.1) is 16.7 Å². The van der Waals surface area contributed by atoms with Crippen LogP contribution in [-0.2, 0) is 10.0 Å². The number of halogens is 1. The first-order valence-corrected chi connectivity index (χ1v) is 8.65. The molecule has 0 fully saturated rings. The van der Waals surface area contributed by atoms with Crippen LogP contribution in [0, 0.1) is 6.92 Å². The van der Waals surface area contributed by atoms with E-state index in [1.807, 2.05) is 13.0 Å². The molecule has 0 radical (unpaired) electrons. The lowest BCUT2D eigenvalue weighted by atomic mass is 10.1. The van der Waals surface area contributed by atoms with E-state index in [-0.39, 0.29) is 4.90 Å².